The fourth-order valence-corrected chi connectivity index (χ4v) is 3.33. The third kappa shape index (κ3) is 4.01. The first kappa shape index (κ1) is 17.1. The number of methoxy groups -OCH3 is 1. The quantitative estimate of drug-likeness (QED) is 0.805. The Labute approximate surface area is 144 Å². The fourth-order valence-electron chi connectivity index (χ4n) is 3.33. The Morgan fingerprint density at radius 2 is 2.08 bits per heavy atom. The van der Waals surface area contributed by atoms with Crippen LogP contribution < -0.4 is 20.1 Å². The monoisotopic (exact) mass is 332 g/mol. The Hall–Kier alpha value is -1.75. The van der Waals surface area contributed by atoms with Crippen molar-refractivity contribution in [1.29, 1.82) is 0 Å². The Bertz CT molecular complexity index is 566. The minimum atomic E-state index is 0.0451. The molecule has 0 bridgehead atoms. The number of nitrogens with one attached hydrogen (secondary N) is 2. The van der Waals surface area contributed by atoms with Crippen LogP contribution in [0.2, 0.25) is 0 Å². The lowest BCUT2D eigenvalue weighted by Gasteiger charge is -2.31. The molecule has 5 nitrogen and oxygen atoms in total. The van der Waals surface area contributed by atoms with Crippen LogP contribution in [0.5, 0.6) is 11.5 Å². The van der Waals surface area contributed by atoms with E-state index in [-0.39, 0.29) is 17.9 Å². The summed E-state index contributed by atoms with van der Waals surface area (Å²) >= 11 is 0. The summed E-state index contributed by atoms with van der Waals surface area (Å²) in [6.45, 7) is 4.38. The van der Waals surface area contributed by atoms with Crippen molar-refractivity contribution in [2.45, 2.75) is 45.3 Å². The van der Waals surface area contributed by atoms with E-state index in [9.17, 15) is 4.79 Å². The van der Waals surface area contributed by atoms with Gasteiger partial charge in [-0.2, -0.15) is 0 Å². The van der Waals surface area contributed by atoms with E-state index in [2.05, 4.69) is 10.6 Å². The smallest absolute Gasteiger partial charge is 0.223 e. The number of benzene rings is 1. The van der Waals surface area contributed by atoms with Gasteiger partial charge in [-0.3, -0.25) is 4.79 Å². The third-order valence-electron chi connectivity index (χ3n) is 5.26. The van der Waals surface area contributed by atoms with Gasteiger partial charge in [-0.15, -0.1) is 0 Å². The van der Waals surface area contributed by atoms with Crippen molar-refractivity contribution in [3.8, 4) is 11.5 Å². The summed E-state index contributed by atoms with van der Waals surface area (Å²) in [5.41, 5.74) is 1.01. The van der Waals surface area contributed by atoms with E-state index in [0.717, 1.165) is 43.0 Å². The minimum absolute atomic E-state index is 0.0451. The van der Waals surface area contributed by atoms with Crippen molar-refractivity contribution >= 4 is 5.91 Å². The average molecular weight is 332 g/mol. The molecule has 1 aromatic carbocycles. The molecular formula is C19H28N2O3. The zero-order valence-electron chi connectivity index (χ0n) is 14.6. The van der Waals surface area contributed by atoms with Gasteiger partial charge in [0.1, 0.15) is 11.5 Å². The average Bonchev–Trinajstić information content (AvgIpc) is 3.04. The van der Waals surface area contributed by atoms with E-state index in [1.807, 2.05) is 25.1 Å². The lowest BCUT2D eigenvalue weighted by Crippen LogP contribution is -2.49. The van der Waals surface area contributed by atoms with E-state index in [4.69, 9.17) is 9.47 Å². The Morgan fingerprint density at radius 3 is 2.71 bits per heavy atom. The van der Waals surface area contributed by atoms with Gasteiger partial charge in [-0.05, 0) is 56.8 Å². The van der Waals surface area contributed by atoms with Crippen molar-refractivity contribution in [2.24, 2.45) is 11.8 Å². The van der Waals surface area contributed by atoms with Crippen molar-refractivity contribution in [3.63, 3.8) is 0 Å². The highest BCUT2D eigenvalue weighted by Crippen LogP contribution is 2.30. The van der Waals surface area contributed by atoms with E-state index in [1.54, 1.807) is 7.11 Å². The molecule has 132 valence electrons. The first-order valence-corrected chi connectivity index (χ1v) is 8.99. The molecule has 1 atom stereocenters. The summed E-state index contributed by atoms with van der Waals surface area (Å²) in [5, 5.41) is 6.28. The number of hydrogen-bond donors (Lipinski definition) is 2. The molecule has 1 heterocycles. The lowest BCUT2D eigenvalue weighted by molar-refractivity contribution is -0.126. The van der Waals surface area contributed by atoms with Crippen LogP contribution in [0, 0.1) is 11.8 Å². The van der Waals surface area contributed by atoms with Crippen LogP contribution in [0.1, 0.15) is 38.2 Å². The SMILES string of the molecule is COc1ccc(CNC(=O)C(C)C2CNC2)c(OC2CCCC2)c1. The Balaban J connectivity index is 1.63. The van der Waals surface area contributed by atoms with Crippen LogP contribution in [0.4, 0.5) is 0 Å². The van der Waals surface area contributed by atoms with Gasteiger partial charge in [0.05, 0.1) is 13.2 Å². The summed E-state index contributed by atoms with van der Waals surface area (Å²) in [7, 11) is 1.66. The van der Waals surface area contributed by atoms with Gasteiger partial charge in [-0.1, -0.05) is 6.92 Å². The van der Waals surface area contributed by atoms with Crippen LogP contribution in [0.25, 0.3) is 0 Å². The Morgan fingerprint density at radius 1 is 1.33 bits per heavy atom. The molecule has 24 heavy (non-hydrogen) atoms. The molecule has 1 saturated carbocycles. The predicted octanol–water partition coefficient (Wildman–Crippen LogP) is 2.49. The van der Waals surface area contributed by atoms with Gasteiger partial charge < -0.3 is 20.1 Å². The van der Waals surface area contributed by atoms with E-state index >= 15 is 0 Å². The highest BCUT2D eigenvalue weighted by Gasteiger charge is 2.28. The predicted molar refractivity (Wildman–Crippen MR) is 93.2 cm³/mol. The Kier molecular flexibility index (Phi) is 5.61. The van der Waals surface area contributed by atoms with E-state index in [1.165, 1.54) is 12.8 Å². The standard InChI is InChI=1S/C19H28N2O3/c1-13(15-10-20-11-15)19(22)21-12-14-7-8-17(23-2)9-18(14)24-16-5-3-4-6-16/h7-9,13,15-16,20H,3-6,10-12H2,1-2H3,(H,21,22). The van der Waals surface area contributed by atoms with E-state index < -0.39 is 0 Å². The van der Waals surface area contributed by atoms with Gasteiger partial charge in [0.15, 0.2) is 0 Å². The van der Waals surface area contributed by atoms with Gasteiger partial charge in [0.25, 0.3) is 0 Å². The molecule has 2 N–H and O–H groups in total. The summed E-state index contributed by atoms with van der Waals surface area (Å²) in [6, 6.07) is 5.83. The van der Waals surface area contributed by atoms with Crippen LogP contribution >= 0.6 is 0 Å². The zero-order valence-corrected chi connectivity index (χ0v) is 14.6. The molecule has 2 aliphatic rings. The van der Waals surface area contributed by atoms with Crippen molar-refractivity contribution in [3.05, 3.63) is 23.8 Å². The molecule has 1 aliphatic heterocycles. The molecule has 0 aromatic heterocycles. The van der Waals surface area contributed by atoms with Gasteiger partial charge >= 0.3 is 0 Å². The van der Waals surface area contributed by atoms with Crippen LogP contribution in [-0.4, -0.2) is 32.2 Å². The summed E-state index contributed by atoms with van der Waals surface area (Å²) in [4.78, 5) is 12.3. The van der Waals surface area contributed by atoms with E-state index in [0.29, 0.717) is 12.5 Å². The van der Waals surface area contributed by atoms with Crippen LogP contribution in [-0.2, 0) is 11.3 Å². The molecule has 0 radical (unpaired) electrons. The molecule has 1 amide bonds. The largest absolute Gasteiger partial charge is 0.497 e. The number of ether oxygens (including phenoxy) is 2. The molecule has 2 fully saturated rings. The molecule has 1 saturated heterocycles. The van der Waals surface area contributed by atoms with Gasteiger partial charge in [0.2, 0.25) is 5.91 Å². The zero-order chi connectivity index (χ0) is 16.9. The number of carbonyl (C=O) groups is 1. The number of rotatable bonds is 7. The molecule has 1 unspecified atom stereocenters. The molecule has 3 rings (SSSR count). The maximum absolute atomic E-state index is 12.3. The van der Waals surface area contributed by atoms with Gasteiger partial charge in [-0.25, -0.2) is 0 Å². The van der Waals surface area contributed by atoms with Crippen LogP contribution in [0.3, 0.4) is 0 Å². The normalized spacial score (nSPS) is 19.6. The molecule has 1 aliphatic carbocycles. The van der Waals surface area contributed by atoms with Crippen molar-refractivity contribution < 1.29 is 14.3 Å². The second-order valence-electron chi connectivity index (χ2n) is 6.92. The maximum atomic E-state index is 12.3. The first-order chi connectivity index (χ1) is 11.7. The summed E-state index contributed by atoms with van der Waals surface area (Å²) in [5.74, 6) is 2.23. The second-order valence-corrected chi connectivity index (χ2v) is 6.92. The topological polar surface area (TPSA) is 59.6 Å². The van der Waals surface area contributed by atoms with Crippen molar-refractivity contribution in [2.75, 3.05) is 20.2 Å². The number of amides is 1. The highest BCUT2D eigenvalue weighted by molar-refractivity contribution is 5.78. The van der Waals surface area contributed by atoms with Crippen LogP contribution in [0.15, 0.2) is 18.2 Å². The number of hydrogen-bond acceptors (Lipinski definition) is 4. The minimum Gasteiger partial charge on any atom is -0.497 e. The molecule has 5 heteroatoms. The second kappa shape index (κ2) is 7.88. The van der Waals surface area contributed by atoms with Gasteiger partial charge in [0, 0.05) is 24.1 Å². The highest BCUT2D eigenvalue weighted by atomic mass is 16.5. The number of carbonyl (C=O) groups excluding carboxylic acids is 1. The third-order valence-corrected chi connectivity index (χ3v) is 5.26. The lowest BCUT2D eigenvalue weighted by atomic mass is 9.88. The first-order valence-electron chi connectivity index (χ1n) is 8.99. The summed E-state index contributed by atoms with van der Waals surface area (Å²) in [6.07, 6.45) is 4.96. The molecule has 0 spiro atoms. The van der Waals surface area contributed by atoms with Crippen molar-refractivity contribution in [1.82, 2.24) is 10.6 Å². The maximum Gasteiger partial charge on any atom is 0.223 e. The summed E-state index contributed by atoms with van der Waals surface area (Å²) < 4.78 is 11.5. The molecular weight excluding hydrogens is 304 g/mol. The fraction of sp³-hybridized carbons (Fsp3) is 0.632. The molecule has 1 aromatic rings.